The van der Waals surface area contributed by atoms with Gasteiger partial charge in [-0.25, -0.2) is 0 Å². The van der Waals surface area contributed by atoms with Crippen LogP contribution in [-0.2, 0) is 9.53 Å². The summed E-state index contributed by atoms with van der Waals surface area (Å²) in [6.07, 6.45) is 1.51. The highest BCUT2D eigenvalue weighted by molar-refractivity contribution is 5.76. The van der Waals surface area contributed by atoms with Crippen LogP contribution in [0.2, 0.25) is 0 Å². The highest BCUT2D eigenvalue weighted by atomic mass is 16.5. The summed E-state index contributed by atoms with van der Waals surface area (Å²) in [5.41, 5.74) is 6.16. The summed E-state index contributed by atoms with van der Waals surface area (Å²) in [5.74, 6) is -0.0864. The topological polar surface area (TPSA) is 84.6 Å². The number of carbonyl (C=O) groups is 1. The molecule has 0 aliphatic carbocycles. The summed E-state index contributed by atoms with van der Waals surface area (Å²) in [6.45, 7) is 1.08. The molecule has 1 heterocycles. The number of ether oxygens (including phenoxy) is 1. The van der Waals surface area contributed by atoms with Crippen molar-refractivity contribution in [2.24, 2.45) is 5.73 Å². The quantitative estimate of drug-likeness (QED) is 0.716. The van der Waals surface area contributed by atoms with Crippen LogP contribution in [0.3, 0.4) is 0 Å². The van der Waals surface area contributed by atoms with E-state index in [1.807, 2.05) is 30.3 Å². The molecule has 2 rings (SSSR count). The number of nitrogens with one attached hydrogen (secondary N) is 1. The standard InChI is InChI=1S/C15H22N2O3/c16-13(12-4-2-1-3-5-12)6-7-14(18)17-10-15(19)8-9-20-11-15/h1-5,13,19H,6-11,16H2,(H,17,18). The molecule has 1 fully saturated rings. The largest absolute Gasteiger partial charge is 0.386 e. The Morgan fingerprint density at radius 2 is 2.20 bits per heavy atom. The molecule has 0 aromatic heterocycles. The third-order valence-corrected chi connectivity index (χ3v) is 3.61. The maximum atomic E-state index is 11.8. The molecule has 110 valence electrons. The minimum atomic E-state index is -0.906. The van der Waals surface area contributed by atoms with Crippen LogP contribution in [-0.4, -0.2) is 36.4 Å². The summed E-state index contributed by atoms with van der Waals surface area (Å²) >= 11 is 0. The van der Waals surface area contributed by atoms with E-state index < -0.39 is 5.60 Å². The van der Waals surface area contributed by atoms with Crippen molar-refractivity contribution >= 4 is 5.91 Å². The van der Waals surface area contributed by atoms with Crippen molar-refractivity contribution in [2.75, 3.05) is 19.8 Å². The monoisotopic (exact) mass is 278 g/mol. The summed E-state index contributed by atoms with van der Waals surface area (Å²) < 4.78 is 5.13. The molecule has 0 saturated carbocycles. The molecule has 1 amide bonds. The van der Waals surface area contributed by atoms with Gasteiger partial charge in [-0.3, -0.25) is 4.79 Å². The number of hydrogen-bond acceptors (Lipinski definition) is 4. The fourth-order valence-electron chi connectivity index (χ4n) is 2.24. The summed E-state index contributed by atoms with van der Waals surface area (Å²) in [5, 5.41) is 12.8. The van der Waals surface area contributed by atoms with Crippen molar-refractivity contribution in [1.29, 1.82) is 0 Å². The van der Waals surface area contributed by atoms with Gasteiger partial charge in [-0.2, -0.15) is 0 Å². The first-order valence-corrected chi connectivity index (χ1v) is 6.96. The van der Waals surface area contributed by atoms with Crippen LogP contribution in [0.15, 0.2) is 30.3 Å². The second-order valence-electron chi connectivity index (χ2n) is 5.36. The molecular weight excluding hydrogens is 256 g/mol. The molecule has 1 aromatic rings. The summed E-state index contributed by atoms with van der Waals surface area (Å²) in [4.78, 5) is 11.8. The molecule has 5 nitrogen and oxygen atoms in total. The van der Waals surface area contributed by atoms with Crippen molar-refractivity contribution in [3.63, 3.8) is 0 Å². The molecule has 2 atom stereocenters. The van der Waals surface area contributed by atoms with Crippen LogP contribution >= 0.6 is 0 Å². The van der Waals surface area contributed by atoms with Crippen LogP contribution in [0.5, 0.6) is 0 Å². The Balaban J connectivity index is 1.70. The van der Waals surface area contributed by atoms with Crippen LogP contribution in [0.1, 0.15) is 30.9 Å². The Hall–Kier alpha value is -1.43. The molecule has 5 heteroatoms. The molecule has 0 spiro atoms. The number of carbonyl (C=O) groups excluding carboxylic acids is 1. The van der Waals surface area contributed by atoms with E-state index in [0.717, 1.165) is 5.56 Å². The summed E-state index contributed by atoms with van der Waals surface area (Å²) in [6, 6.07) is 9.59. The third-order valence-electron chi connectivity index (χ3n) is 3.61. The van der Waals surface area contributed by atoms with Gasteiger partial charge in [0.25, 0.3) is 0 Å². The number of nitrogens with two attached hydrogens (primary N) is 1. The Labute approximate surface area is 119 Å². The third kappa shape index (κ3) is 4.30. The number of aliphatic hydroxyl groups is 1. The molecule has 20 heavy (non-hydrogen) atoms. The van der Waals surface area contributed by atoms with Crippen molar-refractivity contribution < 1.29 is 14.6 Å². The van der Waals surface area contributed by atoms with Crippen molar-refractivity contribution in [3.8, 4) is 0 Å². The molecule has 2 unspecified atom stereocenters. The predicted molar refractivity (Wildman–Crippen MR) is 76.0 cm³/mol. The SMILES string of the molecule is NC(CCC(=O)NCC1(O)CCOC1)c1ccccc1. The Kier molecular flexibility index (Phi) is 5.11. The predicted octanol–water partition coefficient (Wildman–Crippen LogP) is 0.734. The van der Waals surface area contributed by atoms with Gasteiger partial charge in [0.2, 0.25) is 5.91 Å². The number of benzene rings is 1. The second-order valence-corrected chi connectivity index (χ2v) is 5.36. The van der Waals surface area contributed by atoms with Gasteiger partial charge in [0.05, 0.1) is 6.61 Å². The molecule has 1 aromatic carbocycles. The zero-order valence-electron chi connectivity index (χ0n) is 11.5. The Morgan fingerprint density at radius 1 is 1.45 bits per heavy atom. The number of rotatable bonds is 6. The molecule has 1 saturated heterocycles. The average molecular weight is 278 g/mol. The van der Waals surface area contributed by atoms with Gasteiger partial charge in [-0.15, -0.1) is 0 Å². The van der Waals surface area contributed by atoms with E-state index in [-0.39, 0.29) is 25.1 Å². The first kappa shape index (κ1) is 15.0. The number of hydrogen-bond donors (Lipinski definition) is 3. The van der Waals surface area contributed by atoms with Gasteiger partial charge < -0.3 is 20.9 Å². The smallest absolute Gasteiger partial charge is 0.220 e. The van der Waals surface area contributed by atoms with Gasteiger partial charge in [0.1, 0.15) is 5.60 Å². The zero-order valence-corrected chi connectivity index (χ0v) is 11.5. The van der Waals surface area contributed by atoms with Crippen molar-refractivity contribution in [1.82, 2.24) is 5.32 Å². The minimum absolute atomic E-state index is 0.0864. The zero-order chi connectivity index (χ0) is 14.4. The fraction of sp³-hybridized carbons (Fsp3) is 0.533. The highest BCUT2D eigenvalue weighted by Crippen LogP contribution is 2.18. The van der Waals surface area contributed by atoms with E-state index >= 15 is 0 Å². The molecule has 0 bridgehead atoms. The molecule has 4 N–H and O–H groups in total. The van der Waals surface area contributed by atoms with E-state index in [1.54, 1.807) is 0 Å². The lowest BCUT2D eigenvalue weighted by molar-refractivity contribution is -0.122. The van der Waals surface area contributed by atoms with Gasteiger partial charge in [0, 0.05) is 32.0 Å². The van der Waals surface area contributed by atoms with Crippen LogP contribution < -0.4 is 11.1 Å². The lowest BCUT2D eigenvalue weighted by Crippen LogP contribution is -2.43. The van der Waals surface area contributed by atoms with Crippen LogP contribution in [0, 0.1) is 0 Å². The molecule has 1 aliphatic rings. The van der Waals surface area contributed by atoms with Gasteiger partial charge in [-0.1, -0.05) is 30.3 Å². The second kappa shape index (κ2) is 6.83. The number of amides is 1. The Morgan fingerprint density at radius 3 is 2.85 bits per heavy atom. The van der Waals surface area contributed by atoms with Crippen molar-refractivity contribution in [3.05, 3.63) is 35.9 Å². The van der Waals surface area contributed by atoms with Gasteiger partial charge in [0.15, 0.2) is 0 Å². The maximum Gasteiger partial charge on any atom is 0.220 e. The normalized spacial score (nSPS) is 23.5. The van der Waals surface area contributed by atoms with E-state index in [9.17, 15) is 9.90 Å². The lowest BCUT2D eigenvalue weighted by Gasteiger charge is -2.20. The Bertz CT molecular complexity index is 430. The summed E-state index contributed by atoms with van der Waals surface area (Å²) in [7, 11) is 0. The average Bonchev–Trinajstić information content (AvgIpc) is 2.91. The fourth-order valence-corrected chi connectivity index (χ4v) is 2.24. The van der Waals surface area contributed by atoms with Gasteiger partial charge >= 0.3 is 0 Å². The maximum absolute atomic E-state index is 11.8. The van der Waals surface area contributed by atoms with Crippen LogP contribution in [0.4, 0.5) is 0 Å². The van der Waals surface area contributed by atoms with E-state index in [0.29, 0.717) is 25.9 Å². The lowest BCUT2D eigenvalue weighted by atomic mass is 10.0. The molecule has 0 radical (unpaired) electrons. The first-order valence-electron chi connectivity index (χ1n) is 6.96. The van der Waals surface area contributed by atoms with Crippen LogP contribution in [0.25, 0.3) is 0 Å². The highest BCUT2D eigenvalue weighted by Gasteiger charge is 2.32. The van der Waals surface area contributed by atoms with E-state index in [1.165, 1.54) is 0 Å². The van der Waals surface area contributed by atoms with E-state index in [4.69, 9.17) is 10.5 Å². The van der Waals surface area contributed by atoms with E-state index in [2.05, 4.69) is 5.32 Å². The first-order chi connectivity index (χ1) is 9.59. The minimum Gasteiger partial charge on any atom is -0.386 e. The van der Waals surface area contributed by atoms with Gasteiger partial charge in [-0.05, 0) is 12.0 Å². The van der Waals surface area contributed by atoms with Crippen molar-refractivity contribution in [2.45, 2.75) is 30.9 Å². The molecular formula is C15H22N2O3. The molecule has 1 aliphatic heterocycles.